The molecule has 2 aliphatic rings. The van der Waals surface area contributed by atoms with Crippen molar-refractivity contribution < 1.29 is 4.79 Å². The molecule has 104 valence electrons. The van der Waals surface area contributed by atoms with Crippen LogP contribution >= 0.6 is 0 Å². The molecule has 1 aromatic carbocycles. The Morgan fingerprint density at radius 3 is 3.05 bits per heavy atom. The van der Waals surface area contributed by atoms with Crippen LogP contribution in [0.4, 0.5) is 0 Å². The van der Waals surface area contributed by atoms with Gasteiger partial charge in [-0.1, -0.05) is 18.2 Å². The first-order valence-electron chi connectivity index (χ1n) is 7.20. The number of carbonyl (C=O) groups excluding carboxylic acids is 1. The van der Waals surface area contributed by atoms with Gasteiger partial charge < -0.3 is 10.2 Å². The minimum atomic E-state index is 0.0596. The number of H-pyrrole nitrogens is 1. The maximum absolute atomic E-state index is 12.8. The molecule has 5 nitrogen and oxygen atoms in total. The third kappa shape index (κ3) is 1.59. The second kappa shape index (κ2) is 4.31. The Labute approximate surface area is 117 Å². The summed E-state index contributed by atoms with van der Waals surface area (Å²) < 4.78 is 0. The molecule has 1 aromatic heterocycles. The molecule has 3 unspecified atom stereocenters. The van der Waals surface area contributed by atoms with Gasteiger partial charge in [0.2, 0.25) is 0 Å². The van der Waals surface area contributed by atoms with E-state index in [1.807, 2.05) is 29.2 Å². The summed E-state index contributed by atoms with van der Waals surface area (Å²) in [5.74, 6) is 1.24. The van der Waals surface area contributed by atoms with Crippen LogP contribution in [0.1, 0.15) is 17.4 Å². The molecular formula is C15H18N4O. The highest BCUT2D eigenvalue weighted by atomic mass is 16.2. The van der Waals surface area contributed by atoms with Gasteiger partial charge in [-0.2, -0.15) is 5.10 Å². The molecule has 4 rings (SSSR count). The molecule has 0 radical (unpaired) electrons. The fourth-order valence-electron chi connectivity index (χ4n) is 3.70. The average Bonchev–Trinajstić information content (AvgIpc) is 3.14. The van der Waals surface area contributed by atoms with Gasteiger partial charge in [-0.05, 0) is 24.8 Å². The summed E-state index contributed by atoms with van der Waals surface area (Å²) in [6, 6.07) is 8.09. The third-order valence-electron chi connectivity index (χ3n) is 4.87. The van der Waals surface area contributed by atoms with E-state index in [4.69, 9.17) is 0 Å². The van der Waals surface area contributed by atoms with Crippen LogP contribution in [-0.4, -0.2) is 46.7 Å². The number of carbonyl (C=O) groups is 1. The van der Waals surface area contributed by atoms with Crippen molar-refractivity contribution in [3.63, 3.8) is 0 Å². The fraction of sp³-hybridized carbons (Fsp3) is 0.467. The minimum Gasteiger partial charge on any atom is -0.334 e. The lowest BCUT2D eigenvalue weighted by Crippen LogP contribution is -2.38. The van der Waals surface area contributed by atoms with Crippen LogP contribution in [0.2, 0.25) is 0 Å². The molecule has 0 saturated carbocycles. The highest BCUT2D eigenvalue weighted by Gasteiger charge is 2.44. The van der Waals surface area contributed by atoms with Gasteiger partial charge in [-0.15, -0.1) is 0 Å². The van der Waals surface area contributed by atoms with Gasteiger partial charge in [0.1, 0.15) is 0 Å². The molecule has 0 bridgehead atoms. The molecule has 0 aliphatic carbocycles. The first-order chi connectivity index (χ1) is 9.75. The number of para-hydroxylation sites is 1. The van der Waals surface area contributed by atoms with Crippen molar-refractivity contribution in [3.05, 3.63) is 30.0 Å². The Bertz CT molecular complexity index is 665. The number of hydrogen-bond acceptors (Lipinski definition) is 3. The van der Waals surface area contributed by atoms with Gasteiger partial charge in [0.15, 0.2) is 5.69 Å². The lowest BCUT2D eigenvalue weighted by atomic mass is 9.95. The molecule has 0 spiro atoms. The van der Waals surface area contributed by atoms with Crippen LogP contribution in [0.3, 0.4) is 0 Å². The Morgan fingerprint density at radius 1 is 1.35 bits per heavy atom. The summed E-state index contributed by atoms with van der Waals surface area (Å²) in [4.78, 5) is 14.8. The van der Waals surface area contributed by atoms with E-state index in [2.05, 4.69) is 22.4 Å². The summed E-state index contributed by atoms with van der Waals surface area (Å²) in [5, 5.41) is 11.5. The normalized spacial score (nSPS) is 29.1. The average molecular weight is 270 g/mol. The van der Waals surface area contributed by atoms with E-state index in [-0.39, 0.29) is 11.9 Å². The van der Waals surface area contributed by atoms with Crippen LogP contribution in [-0.2, 0) is 0 Å². The fourth-order valence-corrected chi connectivity index (χ4v) is 3.70. The predicted octanol–water partition coefficient (Wildman–Crippen LogP) is 1.24. The number of rotatable bonds is 1. The second-order valence-corrected chi connectivity index (χ2v) is 5.90. The number of amides is 1. The standard InChI is InChI=1S/C15H18N4O/c1-9-12-7-16-6-10(12)8-19(9)15(20)14-11-4-2-3-5-13(11)17-18-14/h2-5,9-10,12,16H,6-8H2,1H3,(H,17,18). The Kier molecular flexibility index (Phi) is 2.57. The minimum absolute atomic E-state index is 0.0596. The van der Waals surface area contributed by atoms with E-state index in [1.54, 1.807) is 0 Å². The number of likely N-dealkylation sites (tertiary alicyclic amines) is 1. The molecular weight excluding hydrogens is 252 g/mol. The van der Waals surface area contributed by atoms with Crippen molar-refractivity contribution in [2.45, 2.75) is 13.0 Å². The van der Waals surface area contributed by atoms with Crippen LogP contribution < -0.4 is 5.32 Å². The zero-order chi connectivity index (χ0) is 13.7. The molecule has 20 heavy (non-hydrogen) atoms. The third-order valence-corrected chi connectivity index (χ3v) is 4.87. The predicted molar refractivity (Wildman–Crippen MR) is 76.4 cm³/mol. The topological polar surface area (TPSA) is 61.0 Å². The molecule has 2 aromatic rings. The monoisotopic (exact) mass is 270 g/mol. The van der Waals surface area contributed by atoms with Crippen molar-refractivity contribution in [3.8, 4) is 0 Å². The van der Waals surface area contributed by atoms with Gasteiger partial charge in [0.25, 0.3) is 5.91 Å². The molecule has 3 atom stereocenters. The smallest absolute Gasteiger partial charge is 0.275 e. The number of aromatic nitrogens is 2. The zero-order valence-corrected chi connectivity index (χ0v) is 11.5. The Morgan fingerprint density at radius 2 is 2.20 bits per heavy atom. The highest BCUT2D eigenvalue weighted by Crippen LogP contribution is 2.33. The van der Waals surface area contributed by atoms with E-state index in [0.29, 0.717) is 17.5 Å². The summed E-state index contributed by atoms with van der Waals surface area (Å²) in [6.45, 7) is 5.06. The van der Waals surface area contributed by atoms with Crippen LogP contribution in [0, 0.1) is 11.8 Å². The van der Waals surface area contributed by atoms with Crippen molar-refractivity contribution in [1.29, 1.82) is 0 Å². The first-order valence-corrected chi connectivity index (χ1v) is 7.20. The molecule has 3 heterocycles. The number of nitrogens with zero attached hydrogens (tertiary/aromatic N) is 2. The van der Waals surface area contributed by atoms with Crippen molar-refractivity contribution >= 4 is 16.8 Å². The van der Waals surface area contributed by atoms with Gasteiger partial charge >= 0.3 is 0 Å². The summed E-state index contributed by atoms with van der Waals surface area (Å²) in [7, 11) is 0. The van der Waals surface area contributed by atoms with Crippen LogP contribution in [0.15, 0.2) is 24.3 Å². The van der Waals surface area contributed by atoms with Gasteiger partial charge in [-0.25, -0.2) is 0 Å². The Hall–Kier alpha value is -1.88. The number of hydrogen-bond donors (Lipinski definition) is 2. The molecule has 5 heteroatoms. The number of fused-ring (bicyclic) bond motifs is 2. The van der Waals surface area contributed by atoms with Gasteiger partial charge in [0.05, 0.1) is 5.52 Å². The Balaban J connectivity index is 1.68. The van der Waals surface area contributed by atoms with Crippen molar-refractivity contribution in [1.82, 2.24) is 20.4 Å². The van der Waals surface area contributed by atoms with Gasteiger partial charge in [-0.3, -0.25) is 9.89 Å². The summed E-state index contributed by atoms with van der Waals surface area (Å²) in [6.07, 6.45) is 0. The van der Waals surface area contributed by atoms with E-state index in [0.717, 1.165) is 30.5 Å². The molecule has 1 amide bonds. The van der Waals surface area contributed by atoms with E-state index in [1.165, 1.54) is 0 Å². The number of benzene rings is 1. The quantitative estimate of drug-likeness (QED) is 0.819. The maximum Gasteiger partial charge on any atom is 0.275 e. The summed E-state index contributed by atoms with van der Waals surface area (Å²) >= 11 is 0. The van der Waals surface area contributed by atoms with E-state index < -0.39 is 0 Å². The molecule has 2 saturated heterocycles. The number of aromatic amines is 1. The lowest BCUT2D eigenvalue weighted by Gasteiger charge is -2.23. The van der Waals surface area contributed by atoms with Crippen molar-refractivity contribution in [2.75, 3.05) is 19.6 Å². The SMILES string of the molecule is CC1C2CNCC2CN1C(=O)c1n[nH]c2ccccc12. The molecule has 2 N–H and O–H groups in total. The molecule has 2 aliphatic heterocycles. The zero-order valence-electron chi connectivity index (χ0n) is 11.5. The van der Waals surface area contributed by atoms with Gasteiger partial charge in [0, 0.05) is 31.1 Å². The van der Waals surface area contributed by atoms with E-state index in [9.17, 15) is 4.79 Å². The van der Waals surface area contributed by atoms with E-state index >= 15 is 0 Å². The second-order valence-electron chi connectivity index (χ2n) is 5.90. The van der Waals surface area contributed by atoms with Crippen molar-refractivity contribution in [2.24, 2.45) is 11.8 Å². The highest BCUT2D eigenvalue weighted by molar-refractivity contribution is 6.04. The maximum atomic E-state index is 12.8. The van der Waals surface area contributed by atoms with Crippen LogP contribution in [0.5, 0.6) is 0 Å². The molecule has 2 fully saturated rings. The first kappa shape index (κ1) is 11.9. The summed E-state index contributed by atoms with van der Waals surface area (Å²) in [5.41, 5.74) is 1.48. The lowest BCUT2D eigenvalue weighted by molar-refractivity contribution is 0.0724. The number of nitrogens with one attached hydrogen (secondary N) is 2. The largest absolute Gasteiger partial charge is 0.334 e. The van der Waals surface area contributed by atoms with Crippen LogP contribution in [0.25, 0.3) is 10.9 Å².